The first-order valence-electron chi connectivity index (χ1n) is 10.3. The van der Waals surface area contributed by atoms with Gasteiger partial charge < -0.3 is 10.6 Å². The minimum atomic E-state index is 0.988. The zero-order chi connectivity index (χ0) is 15.0. The van der Waals surface area contributed by atoms with E-state index in [9.17, 15) is 0 Å². The van der Waals surface area contributed by atoms with Gasteiger partial charge in [-0.05, 0) is 94.8 Å². The van der Waals surface area contributed by atoms with Crippen LogP contribution in [0.25, 0.3) is 0 Å². The molecule has 128 valence electrons. The Hall–Kier alpha value is -0.0800. The summed E-state index contributed by atoms with van der Waals surface area (Å²) in [5.41, 5.74) is 0. The van der Waals surface area contributed by atoms with Crippen LogP contribution in [-0.4, -0.2) is 26.2 Å². The molecule has 3 aliphatic rings. The molecule has 1 saturated carbocycles. The molecule has 3 rings (SSSR count). The van der Waals surface area contributed by atoms with Gasteiger partial charge in [-0.1, -0.05) is 32.1 Å². The summed E-state index contributed by atoms with van der Waals surface area (Å²) in [6, 6.07) is 0. The fourth-order valence-corrected chi connectivity index (χ4v) is 5.21. The van der Waals surface area contributed by atoms with E-state index in [1.807, 2.05) is 0 Å². The Balaban J connectivity index is 1.32. The lowest BCUT2D eigenvalue weighted by atomic mass is 9.75. The third-order valence-corrected chi connectivity index (χ3v) is 6.66. The molecular formula is C20H38N2. The fraction of sp³-hybridized carbons (Fsp3) is 1.00. The summed E-state index contributed by atoms with van der Waals surface area (Å²) in [6.45, 7) is 5.12. The van der Waals surface area contributed by atoms with Crippen LogP contribution in [0, 0.1) is 23.7 Å². The highest BCUT2D eigenvalue weighted by Crippen LogP contribution is 2.36. The van der Waals surface area contributed by atoms with Crippen molar-refractivity contribution in [3.8, 4) is 0 Å². The van der Waals surface area contributed by atoms with Crippen molar-refractivity contribution < 1.29 is 0 Å². The van der Waals surface area contributed by atoms with Gasteiger partial charge in [-0.25, -0.2) is 0 Å². The van der Waals surface area contributed by atoms with Crippen LogP contribution in [0.2, 0.25) is 0 Å². The SMILES string of the molecule is C1CNC[C@@H](CC[C@@H]2CCC[C@H](CC[C@@H]3CCCNC3)C2)C1. The van der Waals surface area contributed by atoms with Crippen molar-refractivity contribution in [1.29, 1.82) is 0 Å². The smallest absolute Gasteiger partial charge is 0.00205 e. The van der Waals surface area contributed by atoms with Crippen molar-refractivity contribution in [3.05, 3.63) is 0 Å². The molecule has 2 saturated heterocycles. The van der Waals surface area contributed by atoms with E-state index in [1.165, 1.54) is 96.8 Å². The molecule has 22 heavy (non-hydrogen) atoms. The maximum Gasteiger partial charge on any atom is -0.00205 e. The van der Waals surface area contributed by atoms with Gasteiger partial charge in [-0.3, -0.25) is 0 Å². The molecule has 3 fully saturated rings. The monoisotopic (exact) mass is 306 g/mol. The van der Waals surface area contributed by atoms with Gasteiger partial charge >= 0.3 is 0 Å². The predicted octanol–water partition coefficient (Wildman–Crippen LogP) is 4.35. The lowest BCUT2D eigenvalue weighted by molar-refractivity contribution is 0.209. The van der Waals surface area contributed by atoms with Crippen molar-refractivity contribution in [2.45, 2.75) is 77.0 Å². The van der Waals surface area contributed by atoms with Gasteiger partial charge in [-0.15, -0.1) is 0 Å². The van der Waals surface area contributed by atoms with Gasteiger partial charge in [-0.2, -0.15) is 0 Å². The van der Waals surface area contributed by atoms with Crippen molar-refractivity contribution in [2.24, 2.45) is 23.7 Å². The lowest BCUT2D eigenvalue weighted by Gasteiger charge is -2.32. The van der Waals surface area contributed by atoms with Crippen LogP contribution in [-0.2, 0) is 0 Å². The van der Waals surface area contributed by atoms with E-state index in [0.717, 1.165) is 23.7 Å². The number of piperidine rings is 2. The molecule has 2 aliphatic heterocycles. The Kier molecular flexibility index (Phi) is 7.07. The molecule has 2 heterocycles. The molecule has 2 nitrogen and oxygen atoms in total. The summed E-state index contributed by atoms with van der Waals surface area (Å²) in [5.74, 6) is 4.10. The second-order valence-corrected chi connectivity index (χ2v) is 8.48. The number of hydrogen-bond acceptors (Lipinski definition) is 2. The minimum Gasteiger partial charge on any atom is -0.316 e. The molecule has 0 unspecified atom stereocenters. The number of hydrogen-bond donors (Lipinski definition) is 2. The summed E-state index contributed by atoms with van der Waals surface area (Å²) in [7, 11) is 0. The molecule has 0 bridgehead atoms. The molecule has 2 heteroatoms. The third kappa shape index (κ3) is 5.53. The first kappa shape index (κ1) is 16.8. The van der Waals surface area contributed by atoms with E-state index in [2.05, 4.69) is 10.6 Å². The third-order valence-electron chi connectivity index (χ3n) is 6.66. The van der Waals surface area contributed by atoms with E-state index in [0.29, 0.717) is 0 Å². The second-order valence-electron chi connectivity index (χ2n) is 8.48. The molecule has 0 amide bonds. The van der Waals surface area contributed by atoms with Gasteiger partial charge in [0, 0.05) is 0 Å². The standard InChI is InChI=1S/C20H38N2/c1-4-17(8-10-19-6-2-12-21-15-19)14-18(5-1)9-11-20-7-3-13-22-16-20/h17-22H,1-16H2/t17-,18+,19+,20-. The van der Waals surface area contributed by atoms with Crippen molar-refractivity contribution >= 4 is 0 Å². The molecule has 4 atom stereocenters. The Morgan fingerprint density at radius 3 is 1.45 bits per heavy atom. The van der Waals surface area contributed by atoms with Crippen LogP contribution in [0.4, 0.5) is 0 Å². The molecule has 0 spiro atoms. The molecule has 0 aromatic heterocycles. The van der Waals surface area contributed by atoms with Crippen molar-refractivity contribution in [3.63, 3.8) is 0 Å². The molecular weight excluding hydrogens is 268 g/mol. The summed E-state index contributed by atoms with van der Waals surface area (Å²) in [4.78, 5) is 0. The highest BCUT2D eigenvalue weighted by Gasteiger charge is 2.24. The van der Waals surface area contributed by atoms with E-state index in [-0.39, 0.29) is 0 Å². The Morgan fingerprint density at radius 2 is 1.00 bits per heavy atom. The van der Waals surface area contributed by atoms with Crippen LogP contribution in [0.3, 0.4) is 0 Å². The normalized spacial score (nSPS) is 37.1. The predicted molar refractivity (Wildman–Crippen MR) is 95.1 cm³/mol. The zero-order valence-electron chi connectivity index (χ0n) is 14.6. The van der Waals surface area contributed by atoms with Crippen molar-refractivity contribution in [1.82, 2.24) is 10.6 Å². The van der Waals surface area contributed by atoms with Crippen LogP contribution in [0.1, 0.15) is 77.0 Å². The summed E-state index contributed by atoms with van der Waals surface area (Å²) in [6.07, 6.45) is 18.0. The maximum atomic E-state index is 3.58. The molecule has 2 N–H and O–H groups in total. The van der Waals surface area contributed by atoms with E-state index >= 15 is 0 Å². The highest BCUT2D eigenvalue weighted by atomic mass is 14.9. The van der Waals surface area contributed by atoms with Crippen LogP contribution in [0.15, 0.2) is 0 Å². The molecule has 1 aliphatic carbocycles. The minimum absolute atomic E-state index is 0.988. The van der Waals surface area contributed by atoms with Gasteiger partial charge in [0.1, 0.15) is 0 Å². The average Bonchev–Trinajstić information content (AvgIpc) is 2.60. The van der Waals surface area contributed by atoms with Gasteiger partial charge in [0.25, 0.3) is 0 Å². The zero-order valence-corrected chi connectivity index (χ0v) is 14.6. The number of nitrogens with one attached hydrogen (secondary N) is 2. The summed E-state index contributed by atoms with van der Waals surface area (Å²) >= 11 is 0. The maximum absolute atomic E-state index is 3.58. The van der Waals surface area contributed by atoms with Gasteiger partial charge in [0.05, 0.1) is 0 Å². The van der Waals surface area contributed by atoms with Crippen LogP contribution in [0.5, 0.6) is 0 Å². The second kappa shape index (κ2) is 9.27. The first-order chi connectivity index (χ1) is 10.9. The number of rotatable bonds is 6. The molecule has 0 aromatic carbocycles. The molecule has 0 radical (unpaired) electrons. The summed E-state index contributed by atoms with van der Waals surface area (Å²) in [5, 5.41) is 7.16. The van der Waals surface area contributed by atoms with Gasteiger partial charge in [0.2, 0.25) is 0 Å². The average molecular weight is 307 g/mol. The lowest BCUT2D eigenvalue weighted by Crippen LogP contribution is -2.30. The Morgan fingerprint density at radius 1 is 0.545 bits per heavy atom. The van der Waals surface area contributed by atoms with Crippen molar-refractivity contribution in [2.75, 3.05) is 26.2 Å². The fourth-order valence-electron chi connectivity index (χ4n) is 5.21. The quantitative estimate of drug-likeness (QED) is 0.762. The van der Waals surface area contributed by atoms with Crippen LogP contribution < -0.4 is 10.6 Å². The van der Waals surface area contributed by atoms with Gasteiger partial charge in [0.15, 0.2) is 0 Å². The van der Waals surface area contributed by atoms with E-state index < -0.39 is 0 Å². The highest BCUT2D eigenvalue weighted by molar-refractivity contribution is 4.78. The van der Waals surface area contributed by atoms with E-state index in [4.69, 9.17) is 0 Å². The Bertz CT molecular complexity index is 264. The first-order valence-corrected chi connectivity index (χ1v) is 10.3. The largest absolute Gasteiger partial charge is 0.316 e. The Labute approximate surface area is 138 Å². The summed E-state index contributed by atoms with van der Waals surface area (Å²) < 4.78 is 0. The van der Waals surface area contributed by atoms with Crippen LogP contribution >= 0.6 is 0 Å². The van der Waals surface area contributed by atoms with E-state index in [1.54, 1.807) is 6.42 Å². The topological polar surface area (TPSA) is 24.1 Å². The molecule has 0 aromatic rings.